The average molecular weight is 354 g/mol. The number of aliphatic imine (C=N–C) groups is 1. The van der Waals surface area contributed by atoms with E-state index in [-0.39, 0.29) is 6.02 Å². The maximum absolute atomic E-state index is 11.8. The van der Waals surface area contributed by atoms with Gasteiger partial charge in [-0.2, -0.15) is 0 Å². The van der Waals surface area contributed by atoms with Crippen LogP contribution >= 0.6 is 0 Å². The molecule has 26 heavy (non-hydrogen) atoms. The number of aromatic nitrogens is 2. The lowest BCUT2D eigenvalue weighted by Crippen LogP contribution is -2.37. The zero-order chi connectivity index (χ0) is 18.5. The predicted molar refractivity (Wildman–Crippen MR) is 95.2 cm³/mol. The fourth-order valence-corrected chi connectivity index (χ4v) is 2.32. The van der Waals surface area contributed by atoms with Gasteiger partial charge in [-0.05, 0) is 24.6 Å². The molecule has 1 aromatic heterocycles. The largest absolute Gasteiger partial charge is 0.387 e. The van der Waals surface area contributed by atoms with Crippen LogP contribution in [0.1, 0.15) is 19.7 Å². The van der Waals surface area contributed by atoms with Crippen LogP contribution < -0.4 is 5.06 Å². The summed E-state index contributed by atoms with van der Waals surface area (Å²) in [5.41, 5.74) is 2.30. The van der Waals surface area contributed by atoms with Crippen LogP contribution in [0, 0.1) is 0 Å². The smallest absolute Gasteiger partial charge is 0.356 e. The second-order valence-electron chi connectivity index (χ2n) is 5.36. The zero-order valence-electron chi connectivity index (χ0n) is 14.4. The highest BCUT2D eigenvalue weighted by molar-refractivity contribution is 6.04. The van der Waals surface area contributed by atoms with Crippen molar-refractivity contribution in [1.82, 2.24) is 9.97 Å². The number of ether oxygens (including phenoxy) is 1. The molecule has 1 aromatic carbocycles. The number of benzene rings is 1. The molecule has 0 bridgehead atoms. The van der Waals surface area contributed by atoms with Crippen LogP contribution in [0.15, 0.2) is 47.6 Å². The number of carbonyl (C=O) groups is 2. The SMILES string of the molecule is CCN=C1OC(=O)/C=C\C(=O)ON1c1ccc(-c2cnc(CC)[nH]2)cc1. The fourth-order valence-electron chi connectivity index (χ4n) is 2.32. The number of rotatable bonds is 4. The van der Waals surface area contributed by atoms with E-state index in [0.717, 1.165) is 40.7 Å². The van der Waals surface area contributed by atoms with Gasteiger partial charge in [-0.15, -0.1) is 5.06 Å². The molecule has 0 amide bonds. The Kier molecular flexibility index (Phi) is 5.12. The number of hydrogen-bond acceptors (Lipinski definition) is 6. The summed E-state index contributed by atoms with van der Waals surface area (Å²) >= 11 is 0. The van der Waals surface area contributed by atoms with Crippen LogP contribution in [-0.2, 0) is 25.6 Å². The molecule has 1 aliphatic heterocycles. The minimum atomic E-state index is -0.698. The number of imidazole rings is 1. The van der Waals surface area contributed by atoms with Crippen LogP contribution in [0.4, 0.5) is 5.69 Å². The highest BCUT2D eigenvalue weighted by Crippen LogP contribution is 2.23. The second-order valence-corrected chi connectivity index (χ2v) is 5.36. The highest BCUT2D eigenvalue weighted by Gasteiger charge is 2.24. The van der Waals surface area contributed by atoms with Crippen molar-refractivity contribution in [1.29, 1.82) is 0 Å². The van der Waals surface area contributed by atoms with Crippen LogP contribution in [-0.4, -0.2) is 34.5 Å². The van der Waals surface area contributed by atoms with Gasteiger partial charge < -0.3 is 14.6 Å². The fraction of sp³-hybridized carbons (Fsp3) is 0.222. The molecule has 0 saturated heterocycles. The van der Waals surface area contributed by atoms with Crippen molar-refractivity contribution < 1.29 is 19.2 Å². The first kappa shape index (κ1) is 17.4. The minimum absolute atomic E-state index is 0.0993. The van der Waals surface area contributed by atoms with Gasteiger partial charge in [-0.1, -0.05) is 19.1 Å². The third kappa shape index (κ3) is 3.80. The lowest BCUT2D eigenvalue weighted by Gasteiger charge is -2.23. The summed E-state index contributed by atoms with van der Waals surface area (Å²) in [6.07, 6.45) is 4.58. The first-order valence-electron chi connectivity index (χ1n) is 8.21. The van der Waals surface area contributed by atoms with E-state index in [9.17, 15) is 9.59 Å². The molecule has 0 radical (unpaired) electrons. The Balaban J connectivity index is 1.91. The summed E-state index contributed by atoms with van der Waals surface area (Å²) in [4.78, 5) is 40.3. The topological polar surface area (TPSA) is 96.9 Å². The lowest BCUT2D eigenvalue weighted by molar-refractivity contribution is -0.141. The highest BCUT2D eigenvalue weighted by atomic mass is 16.7. The standard InChI is InChI=1S/C18H18N4O4/c1-3-15-20-11-14(21-15)12-5-7-13(8-6-12)22-18(19-4-2)25-16(23)9-10-17(24)26-22/h5-11H,3-4H2,1-2H3,(H,20,21)/b10-9-,19-18?. The third-order valence-electron chi connectivity index (χ3n) is 3.57. The van der Waals surface area contributed by atoms with E-state index in [2.05, 4.69) is 15.0 Å². The Morgan fingerprint density at radius 2 is 1.85 bits per heavy atom. The quantitative estimate of drug-likeness (QED) is 0.847. The van der Waals surface area contributed by atoms with Gasteiger partial charge in [-0.25, -0.2) is 19.6 Å². The Bertz CT molecular complexity index is 868. The molecule has 0 atom stereocenters. The minimum Gasteiger partial charge on any atom is -0.387 e. The van der Waals surface area contributed by atoms with Gasteiger partial charge in [0.1, 0.15) is 5.82 Å². The molecule has 0 saturated carbocycles. The number of hydrogen-bond donors (Lipinski definition) is 1. The maximum atomic E-state index is 11.8. The summed E-state index contributed by atoms with van der Waals surface area (Å²) in [5, 5.41) is 1.10. The number of aryl methyl sites for hydroxylation is 1. The van der Waals surface area contributed by atoms with E-state index in [0.29, 0.717) is 12.2 Å². The number of amidine groups is 1. The molecule has 1 aliphatic rings. The molecule has 3 rings (SSSR count). The van der Waals surface area contributed by atoms with E-state index in [4.69, 9.17) is 9.57 Å². The molecular weight excluding hydrogens is 336 g/mol. The van der Waals surface area contributed by atoms with Crippen molar-refractivity contribution in [3.05, 3.63) is 48.4 Å². The van der Waals surface area contributed by atoms with Crippen molar-refractivity contribution in [3.63, 3.8) is 0 Å². The van der Waals surface area contributed by atoms with E-state index < -0.39 is 11.9 Å². The Hall–Kier alpha value is -3.42. The van der Waals surface area contributed by atoms with Gasteiger partial charge in [-0.3, -0.25) is 0 Å². The normalized spacial score (nSPS) is 17.5. The molecule has 8 nitrogen and oxygen atoms in total. The summed E-state index contributed by atoms with van der Waals surface area (Å²) in [6, 6.07) is 7.06. The summed E-state index contributed by atoms with van der Waals surface area (Å²) in [7, 11) is 0. The van der Waals surface area contributed by atoms with E-state index in [1.165, 1.54) is 0 Å². The Labute approximate surface area is 150 Å². The van der Waals surface area contributed by atoms with E-state index in [1.807, 2.05) is 19.1 Å². The number of nitrogens with zero attached hydrogens (tertiary/aromatic N) is 3. The molecule has 2 aromatic rings. The van der Waals surface area contributed by atoms with Crippen molar-refractivity contribution >= 4 is 23.6 Å². The van der Waals surface area contributed by atoms with E-state index >= 15 is 0 Å². The van der Waals surface area contributed by atoms with Crippen molar-refractivity contribution in [3.8, 4) is 11.3 Å². The molecule has 134 valence electrons. The van der Waals surface area contributed by atoms with Gasteiger partial charge in [0.15, 0.2) is 0 Å². The van der Waals surface area contributed by atoms with Crippen molar-refractivity contribution in [2.24, 2.45) is 4.99 Å². The number of anilines is 1. The molecule has 0 spiro atoms. The number of nitrogens with one attached hydrogen (secondary N) is 1. The first-order chi connectivity index (χ1) is 12.6. The van der Waals surface area contributed by atoms with Crippen LogP contribution in [0.2, 0.25) is 0 Å². The van der Waals surface area contributed by atoms with Crippen molar-refractivity contribution in [2.75, 3.05) is 11.6 Å². The van der Waals surface area contributed by atoms with E-state index in [1.54, 1.807) is 25.3 Å². The number of hydroxylamine groups is 1. The Morgan fingerprint density at radius 3 is 2.50 bits per heavy atom. The molecule has 0 unspecified atom stereocenters. The van der Waals surface area contributed by atoms with Gasteiger partial charge in [0, 0.05) is 25.1 Å². The van der Waals surface area contributed by atoms with Gasteiger partial charge >= 0.3 is 18.0 Å². The molecule has 2 heterocycles. The summed E-state index contributed by atoms with van der Waals surface area (Å²) in [5.74, 6) is -0.492. The predicted octanol–water partition coefficient (Wildman–Crippen LogP) is 2.39. The second kappa shape index (κ2) is 7.64. The average Bonchev–Trinajstić information content (AvgIpc) is 3.12. The summed E-state index contributed by atoms with van der Waals surface area (Å²) < 4.78 is 5.14. The number of H-pyrrole nitrogens is 1. The monoisotopic (exact) mass is 354 g/mol. The molecule has 8 heteroatoms. The maximum Gasteiger partial charge on any atom is 0.356 e. The number of aromatic amines is 1. The third-order valence-corrected chi connectivity index (χ3v) is 3.57. The number of cyclic esters (lactones) is 1. The lowest BCUT2D eigenvalue weighted by atomic mass is 10.1. The molecule has 0 fully saturated rings. The van der Waals surface area contributed by atoms with Crippen LogP contribution in [0.5, 0.6) is 0 Å². The number of carbonyl (C=O) groups excluding carboxylic acids is 2. The zero-order valence-corrected chi connectivity index (χ0v) is 14.4. The molecule has 1 N–H and O–H groups in total. The first-order valence-corrected chi connectivity index (χ1v) is 8.21. The molecular formula is C18H18N4O4. The molecule has 0 aliphatic carbocycles. The number of esters is 1. The Morgan fingerprint density at radius 1 is 1.12 bits per heavy atom. The van der Waals surface area contributed by atoms with Gasteiger partial charge in [0.25, 0.3) is 0 Å². The van der Waals surface area contributed by atoms with Gasteiger partial charge in [0.2, 0.25) is 0 Å². The summed E-state index contributed by atoms with van der Waals surface area (Å²) in [6.45, 7) is 4.15. The van der Waals surface area contributed by atoms with Crippen LogP contribution in [0.25, 0.3) is 11.3 Å². The van der Waals surface area contributed by atoms with Crippen LogP contribution in [0.3, 0.4) is 0 Å². The van der Waals surface area contributed by atoms with Crippen molar-refractivity contribution in [2.45, 2.75) is 20.3 Å². The van der Waals surface area contributed by atoms with Gasteiger partial charge in [0.05, 0.1) is 17.6 Å².